The van der Waals surface area contributed by atoms with E-state index in [2.05, 4.69) is 22.8 Å². The number of phenolic OH excluding ortho intramolecular Hbond substituents is 1. The van der Waals surface area contributed by atoms with E-state index >= 15 is 0 Å². The summed E-state index contributed by atoms with van der Waals surface area (Å²) in [6.07, 6.45) is 4.51. The lowest BCUT2D eigenvalue weighted by molar-refractivity contribution is -0.142. The summed E-state index contributed by atoms with van der Waals surface area (Å²) in [6.45, 7) is 2.26. The molecule has 4 rings (SSSR count). The lowest BCUT2D eigenvalue weighted by Crippen LogP contribution is -2.56. The molecule has 0 bridgehead atoms. The molecule has 1 fully saturated rings. The van der Waals surface area contributed by atoms with Crippen molar-refractivity contribution in [3.05, 3.63) is 65.2 Å². The first-order valence-electron chi connectivity index (χ1n) is 13.2. The number of likely N-dealkylation sites (tertiary alicyclic amines) is 1. The van der Waals surface area contributed by atoms with Crippen LogP contribution in [0.2, 0.25) is 0 Å². The van der Waals surface area contributed by atoms with E-state index in [1.165, 1.54) is 5.56 Å². The number of amides is 3. The average Bonchev–Trinajstić information content (AvgIpc) is 3.39. The molecule has 1 aliphatic heterocycles. The van der Waals surface area contributed by atoms with E-state index in [1.54, 1.807) is 40.9 Å². The van der Waals surface area contributed by atoms with E-state index < -0.39 is 18.1 Å². The minimum atomic E-state index is -0.816. The number of carbonyl (C=O) groups is 3. The monoisotopic (exact) mass is 504 g/mol. The van der Waals surface area contributed by atoms with E-state index in [0.29, 0.717) is 13.0 Å². The number of aryl methyl sites for hydroxylation is 1. The van der Waals surface area contributed by atoms with Crippen molar-refractivity contribution >= 4 is 25.7 Å². The Bertz CT molecular complexity index is 1120. The molecule has 0 spiro atoms. The first-order valence-corrected chi connectivity index (χ1v) is 13.2. The van der Waals surface area contributed by atoms with Crippen LogP contribution in [-0.2, 0) is 27.2 Å². The van der Waals surface area contributed by atoms with E-state index in [9.17, 15) is 19.5 Å². The summed E-state index contributed by atoms with van der Waals surface area (Å²) in [4.78, 5) is 43.6. The molecule has 1 heterocycles. The van der Waals surface area contributed by atoms with Crippen LogP contribution in [-0.4, -0.2) is 72.2 Å². The number of aromatic hydroxyl groups is 1. The van der Waals surface area contributed by atoms with Gasteiger partial charge < -0.3 is 25.5 Å². The van der Waals surface area contributed by atoms with Crippen LogP contribution >= 0.6 is 0 Å². The molecule has 1 aliphatic carbocycles. The van der Waals surface area contributed by atoms with E-state index in [1.807, 2.05) is 27.2 Å². The predicted octanol–water partition coefficient (Wildman–Crippen LogP) is 1.47. The van der Waals surface area contributed by atoms with Gasteiger partial charge >= 0.3 is 0 Å². The van der Waals surface area contributed by atoms with Gasteiger partial charge in [0, 0.05) is 13.0 Å². The Balaban J connectivity index is 1.50. The van der Waals surface area contributed by atoms with Crippen LogP contribution in [0.3, 0.4) is 0 Å². The van der Waals surface area contributed by atoms with Gasteiger partial charge in [-0.15, -0.1) is 0 Å². The lowest BCUT2D eigenvalue weighted by atomic mass is 9.87. The Kier molecular flexibility index (Phi) is 8.54. The molecule has 196 valence electrons. The highest BCUT2D eigenvalue weighted by Gasteiger charge is 2.39. The number of rotatable bonds is 8. The quantitative estimate of drug-likeness (QED) is 0.473. The molecule has 2 aromatic rings. The topological polar surface area (TPSA) is 102 Å². The molecule has 0 radical (unpaired) electrons. The summed E-state index contributed by atoms with van der Waals surface area (Å²) in [7, 11) is 3.62. The van der Waals surface area contributed by atoms with Crippen LogP contribution in [0.15, 0.2) is 48.5 Å². The number of hydrogen-bond donors (Lipinski definition) is 3. The number of likely N-dealkylation sites (N-methyl/N-ethyl adjacent to an activating group) is 1. The molecule has 4 atom stereocenters. The molecule has 0 unspecified atom stereocenters. The van der Waals surface area contributed by atoms with Crippen molar-refractivity contribution in [3.63, 3.8) is 0 Å². The largest absolute Gasteiger partial charge is 0.508 e. The summed E-state index contributed by atoms with van der Waals surface area (Å²) >= 11 is 0. The van der Waals surface area contributed by atoms with E-state index in [4.69, 9.17) is 0 Å². The standard InChI is InChI=1S/C28H37BN4O4/c1-18(32(2)29)26(35)31-24(17-19-12-14-21(34)15-13-19)28(37)33-16-6-11-25(33)27(36)30-23-10-5-8-20-7-3-4-9-22(20)23/h3-4,7,9,12-15,18,23-25,34H,5-6,8,10-11,16-17,29H2,1-2H3,(H,30,36)(H,31,35)/t18-,23+,24-,25-/m0/s1. The molecule has 2 aliphatic rings. The average molecular weight is 504 g/mol. The number of nitrogens with zero attached hydrogens (tertiary/aromatic N) is 2. The summed E-state index contributed by atoms with van der Waals surface area (Å²) in [5.41, 5.74) is 3.24. The van der Waals surface area contributed by atoms with Gasteiger partial charge in [-0.1, -0.05) is 36.4 Å². The van der Waals surface area contributed by atoms with Crippen molar-refractivity contribution < 1.29 is 19.5 Å². The molecule has 3 N–H and O–H groups in total. The van der Waals surface area contributed by atoms with E-state index in [0.717, 1.165) is 36.8 Å². The highest BCUT2D eigenvalue weighted by atomic mass is 16.3. The van der Waals surface area contributed by atoms with Crippen LogP contribution in [0.4, 0.5) is 0 Å². The fourth-order valence-electron chi connectivity index (χ4n) is 5.27. The Morgan fingerprint density at radius 1 is 1.11 bits per heavy atom. The number of fused-ring (bicyclic) bond motifs is 1. The number of phenols is 1. The fourth-order valence-corrected chi connectivity index (χ4v) is 5.27. The summed E-state index contributed by atoms with van der Waals surface area (Å²) in [5.74, 6) is -0.503. The highest BCUT2D eigenvalue weighted by molar-refractivity contribution is 6.06. The Hall–Kier alpha value is -3.33. The van der Waals surface area contributed by atoms with Crippen LogP contribution in [0.5, 0.6) is 5.75 Å². The summed E-state index contributed by atoms with van der Waals surface area (Å²) in [5, 5.41) is 15.8. The molecule has 9 heteroatoms. The predicted molar refractivity (Wildman–Crippen MR) is 145 cm³/mol. The minimum Gasteiger partial charge on any atom is -0.508 e. The number of benzene rings is 2. The summed E-state index contributed by atoms with van der Waals surface area (Å²) < 4.78 is 0. The van der Waals surface area contributed by atoms with Crippen molar-refractivity contribution in [1.29, 1.82) is 0 Å². The maximum Gasteiger partial charge on any atom is 0.246 e. The minimum absolute atomic E-state index is 0.0524. The van der Waals surface area contributed by atoms with Crippen LogP contribution in [0, 0.1) is 0 Å². The van der Waals surface area contributed by atoms with Gasteiger partial charge in [0.15, 0.2) is 7.98 Å². The Labute approximate surface area is 219 Å². The van der Waals surface area contributed by atoms with Crippen LogP contribution < -0.4 is 10.6 Å². The van der Waals surface area contributed by atoms with Crippen molar-refractivity contribution in [3.8, 4) is 5.75 Å². The second-order valence-corrected chi connectivity index (χ2v) is 10.4. The van der Waals surface area contributed by atoms with Gasteiger partial charge in [-0.3, -0.25) is 14.4 Å². The lowest BCUT2D eigenvalue weighted by Gasteiger charge is -2.32. The third-order valence-electron chi connectivity index (χ3n) is 7.67. The van der Waals surface area contributed by atoms with Crippen molar-refractivity contribution in [2.45, 2.75) is 69.6 Å². The van der Waals surface area contributed by atoms with Gasteiger partial charge in [-0.05, 0) is 74.9 Å². The SMILES string of the molecule is BN(C)[C@@H](C)C(=O)N[C@@H](Cc1ccc(O)cc1)C(=O)N1CCC[C@H]1C(=O)N[C@@H]1CCCc2ccccc21. The number of carbonyl (C=O) groups excluding carboxylic acids is 3. The molecule has 37 heavy (non-hydrogen) atoms. The molecule has 0 saturated carbocycles. The second kappa shape index (κ2) is 11.8. The summed E-state index contributed by atoms with van der Waals surface area (Å²) in [6, 6.07) is 13.0. The van der Waals surface area contributed by atoms with Gasteiger partial charge in [0.25, 0.3) is 0 Å². The number of nitrogens with one attached hydrogen (secondary N) is 2. The van der Waals surface area contributed by atoms with Crippen LogP contribution in [0.25, 0.3) is 0 Å². The second-order valence-electron chi connectivity index (χ2n) is 10.4. The Morgan fingerprint density at radius 2 is 1.84 bits per heavy atom. The highest BCUT2D eigenvalue weighted by Crippen LogP contribution is 2.30. The van der Waals surface area contributed by atoms with Crippen molar-refractivity contribution in [1.82, 2.24) is 20.3 Å². The molecule has 8 nitrogen and oxygen atoms in total. The third-order valence-corrected chi connectivity index (χ3v) is 7.67. The molecular weight excluding hydrogens is 467 g/mol. The Morgan fingerprint density at radius 3 is 2.57 bits per heavy atom. The zero-order valence-electron chi connectivity index (χ0n) is 21.9. The smallest absolute Gasteiger partial charge is 0.246 e. The van der Waals surface area contributed by atoms with Gasteiger partial charge in [0.2, 0.25) is 17.7 Å². The molecular formula is C28H37BN4O4. The fraction of sp³-hybridized carbons (Fsp3) is 0.464. The van der Waals surface area contributed by atoms with Crippen molar-refractivity contribution in [2.75, 3.05) is 13.6 Å². The normalized spacial score (nSPS) is 20.7. The zero-order valence-corrected chi connectivity index (χ0v) is 21.9. The van der Waals surface area contributed by atoms with Gasteiger partial charge in [-0.25, -0.2) is 0 Å². The third kappa shape index (κ3) is 6.33. The molecule has 0 aromatic heterocycles. The van der Waals surface area contributed by atoms with E-state index in [-0.39, 0.29) is 35.9 Å². The first kappa shape index (κ1) is 26.7. The van der Waals surface area contributed by atoms with Crippen LogP contribution in [0.1, 0.15) is 55.3 Å². The van der Waals surface area contributed by atoms with Gasteiger partial charge in [0.1, 0.15) is 17.8 Å². The maximum absolute atomic E-state index is 13.8. The first-order chi connectivity index (χ1) is 17.7. The van der Waals surface area contributed by atoms with Gasteiger partial charge in [0.05, 0.1) is 12.1 Å². The number of hydrogen-bond acceptors (Lipinski definition) is 5. The molecule has 3 amide bonds. The zero-order chi connectivity index (χ0) is 26.5. The molecule has 1 saturated heterocycles. The maximum atomic E-state index is 13.8. The molecule has 2 aromatic carbocycles. The van der Waals surface area contributed by atoms with Crippen molar-refractivity contribution in [2.24, 2.45) is 0 Å². The van der Waals surface area contributed by atoms with Gasteiger partial charge in [-0.2, -0.15) is 0 Å².